The molecule has 1 saturated carbocycles. The molecule has 1 aromatic rings. The Balaban J connectivity index is 0.000000300. The van der Waals surface area contributed by atoms with E-state index >= 15 is 0 Å². The molecule has 2 N–H and O–H groups in total. The fraction of sp³-hybridized carbons (Fsp3) is 0.500. The molecule has 0 aromatic heterocycles. The van der Waals surface area contributed by atoms with Crippen molar-refractivity contribution in [1.29, 1.82) is 0 Å². The molecule has 0 unspecified atom stereocenters. The van der Waals surface area contributed by atoms with Gasteiger partial charge in [0.25, 0.3) is 0 Å². The van der Waals surface area contributed by atoms with Crippen molar-refractivity contribution in [2.24, 2.45) is 5.92 Å². The molecule has 1 aliphatic rings. The van der Waals surface area contributed by atoms with E-state index in [0.29, 0.717) is 5.75 Å². The van der Waals surface area contributed by atoms with Crippen LogP contribution in [0.3, 0.4) is 0 Å². The van der Waals surface area contributed by atoms with Crippen LogP contribution in [0.25, 0.3) is 0 Å². The summed E-state index contributed by atoms with van der Waals surface area (Å²) in [5.41, 5.74) is 0. The van der Waals surface area contributed by atoms with Crippen molar-refractivity contribution in [2.75, 3.05) is 0 Å². The highest BCUT2D eigenvalue weighted by Crippen LogP contribution is 2.20. The van der Waals surface area contributed by atoms with Gasteiger partial charge in [0.05, 0.1) is 0 Å². The van der Waals surface area contributed by atoms with Gasteiger partial charge in [-0.05, 0) is 18.1 Å². The average Bonchev–Trinajstić information content (AvgIpc) is 2.45. The number of benzene rings is 1. The minimum absolute atomic E-state index is 0.322. The van der Waals surface area contributed by atoms with Crippen LogP contribution in [-0.2, 0) is 4.79 Å². The van der Waals surface area contributed by atoms with Crippen molar-refractivity contribution in [3.8, 4) is 5.75 Å². The van der Waals surface area contributed by atoms with Crippen molar-refractivity contribution in [1.82, 2.24) is 0 Å². The van der Waals surface area contributed by atoms with Crippen LogP contribution in [0.1, 0.15) is 51.9 Å². The summed E-state index contributed by atoms with van der Waals surface area (Å²) < 4.78 is 0. The predicted molar refractivity (Wildman–Crippen MR) is 87.4 cm³/mol. The lowest BCUT2D eigenvalue weighted by Crippen LogP contribution is -1.97. The largest absolute Gasteiger partial charge is 0.508 e. The van der Waals surface area contributed by atoms with E-state index in [4.69, 9.17) is 10.2 Å². The van der Waals surface area contributed by atoms with E-state index in [1.807, 2.05) is 6.07 Å². The quantitative estimate of drug-likeness (QED) is 0.715. The second kappa shape index (κ2) is 13.2. The maximum atomic E-state index is 9.25. The number of aliphatic carboxylic acids is 1. The van der Waals surface area contributed by atoms with Gasteiger partial charge in [-0.1, -0.05) is 76.6 Å². The van der Waals surface area contributed by atoms with Gasteiger partial charge < -0.3 is 10.2 Å². The third kappa shape index (κ3) is 14.4. The highest BCUT2D eigenvalue weighted by atomic mass is 16.4. The second-order valence-corrected chi connectivity index (χ2v) is 5.33. The molecule has 3 nitrogen and oxygen atoms in total. The molecule has 0 amide bonds. The molecule has 3 heteroatoms. The topological polar surface area (TPSA) is 57.5 Å². The van der Waals surface area contributed by atoms with Crippen molar-refractivity contribution >= 4 is 5.97 Å². The number of para-hydroxylation sites is 1. The first-order valence-corrected chi connectivity index (χ1v) is 7.65. The Morgan fingerprint density at radius 2 is 1.52 bits per heavy atom. The number of hydrogen-bond acceptors (Lipinski definition) is 2. The normalized spacial score (nSPS) is 15.1. The Bertz CT molecular complexity index is 365. The summed E-state index contributed by atoms with van der Waals surface area (Å²) in [6.45, 7) is 5.35. The molecule has 1 fully saturated rings. The molecular formula is C18H28O3. The van der Waals surface area contributed by atoms with Crippen LogP contribution < -0.4 is 0 Å². The summed E-state index contributed by atoms with van der Waals surface area (Å²) >= 11 is 0. The summed E-state index contributed by atoms with van der Waals surface area (Å²) in [7, 11) is 0. The van der Waals surface area contributed by atoms with Gasteiger partial charge in [0.1, 0.15) is 5.75 Å². The van der Waals surface area contributed by atoms with E-state index < -0.39 is 5.97 Å². The van der Waals surface area contributed by atoms with Crippen LogP contribution in [-0.4, -0.2) is 16.2 Å². The summed E-state index contributed by atoms with van der Waals surface area (Å²) in [6.07, 6.45) is 11.3. The van der Waals surface area contributed by atoms with Crippen molar-refractivity contribution in [2.45, 2.75) is 51.9 Å². The molecule has 21 heavy (non-hydrogen) atoms. The minimum Gasteiger partial charge on any atom is -0.508 e. The zero-order valence-corrected chi connectivity index (χ0v) is 13.0. The first kappa shape index (κ1) is 19.2. The van der Waals surface area contributed by atoms with Gasteiger partial charge in [0.15, 0.2) is 0 Å². The number of carboxylic acid groups (broad SMARTS) is 1. The summed E-state index contributed by atoms with van der Waals surface area (Å²) in [4.78, 5) is 9.25. The van der Waals surface area contributed by atoms with E-state index in [-0.39, 0.29) is 0 Å². The van der Waals surface area contributed by atoms with E-state index in [2.05, 4.69) is 13.5 Å². The lowest BCUT2D eigenvalue weighted by Gasteiger charge is -2.13. The maximum absolute atomic E-state index is 9.25. The Morgan fingerprint density at radius 3 is 1.86 bits per heavy atom. The van der Waals surface area contributed by atoms with Gasteiger partial charge in [0.2, 0.25) is 0 Å². The monoisotopic (exact) mass is 292 g/mol. The van der Waals surface area contributed by atoms with Crippen LogP contribution in [0.5, 0.6) is 5.75 Å². The zero-order valence-electron chi connectivity index (χ0n) is 13.0. The number of aromatic hydroxyl groups is 1. The molecule has 1 aliphatic carbocycles. The minimum atomic E-state index is -0.981. The highest BCUT2D eigenvalue weighted by Gasteiger charge is 2.04. The van der Waals surface area contributed by atoms with E-state index in [9.17, 15) is 4.79 Å². The third-order valence-electron chi connectivity index (χ3n) is 3.32. The van der Waals surface area contributed by atoms with Crippen LogP contribution in [0, 0.1) is 5.92 Å². The molecule has 0 heterocycles. The first-order valence-electron chi connectivity index (χ1n) is 7.65. The van der Waals surface area contributed by atoms with Crippen molar-refractivity contribution in [3.63, 3.8) is 0 Å². The van der Waals surface area contributed by atoms with E-state index in [0.717, 1.165) is 12.0 Å². The van der Waals surface area contributed by atoms with Crippen molar-refractivity contribution in [3.05, 3.63) is 43.0 Å². The fourth-order valence-electron chi connectivity index (χ4n) is 2.09. The van der Waals surface area contributed by atoms with Crippen LogP contribution >= 0.6 is 0 Å². The van der Waals surface area contributed by atoms with E-state index in [1.165, 1.54) is 44.9 Å². The maximum Gasteiger partial charge on any atom is 0.327 e. The molecule has 0 spiro atoms. The SMILES string of the molecule is C=CC(=O)O.CC1CCCCCCC1.Oc1ccccc1. The third-order valence-corrected chi connectivity index (χ3v) is 3.32. The standard InChI is InChI=1S/C9H18.C6H6O.C3H4O2/c1-9-7-5-3-2-4-6-8-9;7-6-4-2-1-3-5-6;1-2-3(4)5/h9H,2-8H2,1H3;1-5,7H;2H,1H2,(H,4,5). The smallest absolute Gasteiger partial charge is 0.327 e. The predicted octanol–water partition coefficient (Wildman–Crippen LogP) is 5.02. The van der Waals surface area contributed by atoms with Gasteiger partial charge in [-0.3, -0.25) is 0 Å². The lowest BCUT2D eigenvalue weighted by atomic mass is 9.93. The summed E-state index contributed by atoms with van der Waals surface area (Å²) in [5, 5.41) is 16.2. The number of phenols is 1. The highest BCUT2D eigenvalue weighted by molar-refractivity contribution is 5.78. The van der Waals surface area contributed by atoms with Crippen LogP contribution in [0.2, 0.25) is 0 Å². The molecule has 2 rings (SSSR count). The Kier molecular flexibility index (Phi) is 12.1. The second-order valence-electron chi connectivity index (χ2n) is 5.33. The molecule has 0 bridgehead atoms. The average molecular weight is 292 g/mol. The zero-order chi connectivity index (χ0) is 15.9. The fourth-order valence-corrected chi connectivity index (χ4v) is 2.09. The number of carbonyl (C=O) groups is 1. The van der Waals surface area contributed by atoms with Gasteiger partial charge >= 0.3 is 5.97 Å². The number of phenolic OH excluding ortho intramolecular Hbond substituents is 1. The van der Waals surface area contributed by atoms with Crippen LogP contribution in [0.4, 0.5) is 0 Å². The molecule has 1 aromatic carbocycles. The lowest BCUT2D eigenvalue weighted by molar-refractivity contribution is -0.131. The van der Waals surface area contributed by atoms with Crippen LogP contribution in [0.15, 0.2) is 43.0 Å². The molecule has 0 saturated heterocycles. The Labute approximate surface area is 128 Å². The molecule has 118 valence electrons. The van der Waals surface area contributed by atoms with E-state index in [1.54, 1.807) is 24.3 Å². The van der Waals surface area contributed by atoms with Crippen molar-refractivity contribution < 1.29 is 15.0 Å². The molecular weight excluding hydrogens is 264 g/mol. The van der Waals surface area contributed by atoms with Gasteiger partial charge in [0, 0.05) is 6.08 Å². The number of rotatable bonds is 1. The molecule has 0 atom stereocenters. The molecule has 0 aliphatic heterocycles. The van der Waals surface area contributed by atoms with Gasteiger partial charge in [-0.25, -0.2) is 4.79 Å². The van der Waals surface area contributed by atoms with Gasteiger partial charge in [-0.2, -0.15) is 0 Å². The number of hydrogen-bond donors (Lipinski definition) is 2. The summed E-state index contributed by atoms with van der Waals surface area (Å²) in [6, 6.07) is 8.71. The summed E-state index contributed by atoms with van der Waals surface area (Å²) in [5.74, 6) is 0.359. The Hall–Kier alpha value is -1.77. The first-order chi connectivity index (χ1) is 10.1. The Morgan fingerprint density at radius 1 is 1.10 bits per heavy atom. The number of carboxylic acids is 1. The van der Waals surface area contributed by atoms with Gasteiger partial charge in [-0.15, -0.1) is 0 Å². The molecule has 0 radical (unpaired) electrons.